The van der Waals surface area contributed by atoms with Gasteiger partial charge in [-0.2, -0.15) is 0 Å². The van der Waals surface area contributed by atoms with Gasteiger partial charge in [0.1, 0.15) is 0 Å². The van der Waals surface area contributed by atoms with E-state index in [2.05, 4.69) is 26.0 Å². The predicted molar refractivity (Wildman–Crippen MR) is 122 cm³/mol. The molecular weight excluding hydrogens is 396 g/mol. The van der Waals surface area contributed by atoms with E-state index in [0.29, 0.717) is 11.7 Å². The third kappa shape index (κ3) is 5.04. The van der Waals surface area contributed by atoms with Gasteiger partial charge in [0, 0.05) is 14.1 Å². The van der Waals surface area contributed by atoms with Gasteiger partial charge in [0.05, 0.1) is 23.8 Å². The molecule has 0 bridgehead atoms. The van der Waals surface area contributed by atoms with Gasteiger partial charge in [0.2, 0.25) is 0 Å². The molecule has 3 rings (SSSR count). The number of thiazole rings is 1. The van der Waals surface area contributed by atoms with E-state index in [9.17, 15) is 9.59 Å². The molecule has 0 aliphatic heterocycles. The number of rotatable bonds is 7. The van der Waals surface area contributed by atoms with Crippen molar-refractivity contribution >= 4 is 38.5 Å². The third-order valence-corrected chi connectivity index (χ3v) is 6.24. The van der Waals surface area contributed by atoms with E-state index in [1.807, 2.05) is 37.4 Å². The van der Waals surface area contributed by atoms with Crippen molar-refractivity contribution in [2.24, 2.45) is 0 Å². The van der Waals surface area contributed by atoms with Crippen LogP contribution in [0.2, 0.25) is 0 Å². The molecule has 1 heterocycles. The maximum atomic E-state index is 13.3. The van der Waals surface area contributed by atoms with Crippen molar-refractivity contribution in [3.05, 3.63) is 59.2 Å². The number of quaternary nitrogens is 1. The molecule has 0 aliphatic rings. The Morgan fingerprint density at radius 2 is 1.67 bits per heavy atom. The number of amides is 2. The quantitative estimate of drug-likeness (QED) is 0.630. The van der Waals surface area contributed by atoms with Crippen LogP contribution < -0.4 is 9.80 Å². The zero-order valence-electron chi connectivity index (χ0n) is 18.2. The number of benzene rings is 2. The molecule has 0 aliphatic carbocycles. The molecule has 1 N–H and O–H groups in total. The molecule has 1 aromatic heterocycles. The van der Waals surface area contributed by atoms with Crippen LogP contribution in [0.25, 0.3) is 10.2 Å². The number of likely N-dealkylation sites (N-methyl/N-ethyl adjacent to an activating group) is 2. The number of nitrogens with zero attached hydrogens (tertiary/aromatic N) is 3. The summed E-state index contributed by atoms with van der Waals surface area (Å²) >= 11 is 1.53. The van der Waals surface area contributed by atoms with Crippen LogP contribution in [0, 0.1) is 13.8 Å². The average molecular weight is 426 g/mol. The van der Waals surface area contributed by atoms with E-state index in [4.69, 9.17) is 4.98 Å². The number of carbonyl (C=O) groups excluding carboxylic acids is 2. The fraction of sp³-hybridized carbons (Fsp3) is 0.348. The fourth-order valence-corrected chi connectivity index (χ4v) is 4.23. The highest BCUT2D eigenvalue weighted by atomic mass is 32.1. The van der Waals surface area contributed by atoms with E-state index >= 15 is 0 Å². The van der Waals surface area contributed by atoms with Gasteiger partial charge in [-0.3, -0.25) is 14.5 Å². The van der Waals surface area contributed by atoms with Gasteiger partial charge < -0.3 is 9.80 Å². The van der Waals surface area contributed by atoms with E-state index < -0.39 is 0 Å². The Balaban J connectivity index is 1.90. The molecular formula is C23H29N4O2S+. The number of aryl methyl sites for hydroxylation is 2. The number of hydrogen-bond acceptors (Lipinski definition) is 4. The number of fused-ring (bicyclic) bond motifs is 1. The van der Waals surface area contributed by atoms with Crippen molar-refractivity contribution in [3.63, 3.8) is 0 Å². The lowest BCUT2D eigenvalue weighted by molar-refractivity contribution is -0.862. The highest BCUT2D eigenvalue weighted by Crippen LogP contribution is 2.32. The molecule has 158 valence electrons. The summed E-state index contributed by atoms with van der Waals surface area (Å²) in [6.07, 6.45) is 0. The van der Waals surface area contributed by atoms with Gasteiger partial charge in [-0.15, -0.1) is 0 Å². The van der Waals surface area contributed by atoms with Crippen molar-refractivity contribution in [1.29, 1.82) is 0 Å². The SMILES string of the molecule is Cc1ccc2sc(N(Cc3ccccc3)C(=O)C[NH+](C)CC(=O)N(C)C)nc2c1C. The molecule has 0 spiro atoms. The number of aromatic nitrogens is 1. The smallest absolute Gasteiger partial charge is 0.284 e. The van der Waals surface area contributed by atoms with Crippen LogP contribution in [-0.2, 0) is 16.1 Å². The Morgan fingerprint density at radius 3 is 2.33 bits per heavy atom. The van der Waals surface area contributed by atoms with Crippen molar-refractivity contribution in [3.8, 4) is 0 Å². The topological polar surface area (TPSA) is 58.0 Å². The number of anilines is 1. The van der Waals surface area contributed by atoms with Gasteiger partial charge in [-0.05, 0) is 36.6 Å². The van der Waals surface area contributed by atoms with E-state index in [1.54, 1.807) is 23.9 Å². The summed E-state index contributed by atoms with van der Waals surface area (Å²) in [6, 6.07) is 14.1. The first kappa shape index (κ1) is 21.9. The Hall–Kier alpha value is -2.77. The standard InChI is InChI=1S/C23H28N4O2S/c1-16-11-12-19-22(17(16)2)24-23(30-19)27(13-18-9-7-6-8-10-18)21(29)15-26(5)14-20(28)25(3)4/h6-12H,13-15H2,1-5H3/p+1. The van der Waals surface area contributed by atoms with E-state index in [1.165, 1.54) is 16.9 Å². The highest BCUT2D eigenvalue weighted by molar-refractivity contribution is 7.22. The molecule has 6 nitrogen and oxygen atoms in total. The Morgan fingerprint density at radius 1 is 1.00 bits per heavy atom. The number of carbonyl (C=O) groups is 2. The van der Waals surface area contributed by atoms with Crippen molar-refractivity contribution in [2.45, 2.75) is 20.4 Å². The Bertz CT molecular complexity index is 1050. The first-order valence-electron chi connectivity index (χ1n) is 9.98. The van der Waals surface area contributed by atoms with Crippen molar-refractivity contribution in [2.75, 3.05) is 39.1 Å². The van der Waals surface area contributed by atoms with Crippen molar-refractivity contribution in [1.82, 2.24) is 9.88 Å². The summed E-state index contributed by atoms with van der Waals surface area (Å²) < 4.78 is 1.07. The molecule has 0 saturated heterocycles. The molecule has 3 aromatic rings. The van der Waals surface area contributed by atoms with Gasteiger partial charge in [0.15, 0.2) is 18.2 Å². The molecule has 2 aromatic carbocycles. The lowest BCUT2D eigenvalue weighted by Crippen LogP contribution is -3.11. The summed E-state index contributed by atoms with van der Waals surface area (Å²) in [5.74, 6) is -0.0441. The average Bonchev–Trinajstić information content (AvgIpc) is 3.14. The molecule has 7 heteroatoms. The van der Waals surface area contributed by atoms with Gasteiger partial charge in [0.25, 0.3) is 11.8 Å². The Labute approximate surface area is 181 Å². The third-order valence-electron chi connectivity index (χ3n) is 5.19. The van der Waals surface area contributed by atoms with E-state index in [0.717, 1.165) is 26.2 Å². The summed E-state index contributed by atoms with van der Waals surface area (Å²) in [4.78, 5) is 34.3. The maximum absolute atomic E-state index is 13.3. The minimum Gasteiger partial charge on any atom is -0.344 e. The van der Waals surface area contributed by atoms with Gasteiger partial charge in [-0.1, -0.05) is 47.7 Å². The monoisotopic (exact) mass is 425 g/mol. The summed E-state index contributed by atoms with van der Waals surface area (Å²) in [7, 11) is 5.32. The molecule has 0 fully saturated rings. The molecule has 0 radical (unpaired) electrons. The van der Waals surface area contributed by atoms with Crippen LogP contribution in [0.15, 0.2) is 42.5 Å². The van der Waals surface area contributed by atoms with Gasteiger partial charge >= 0.3 is 0 Å². The predicted octanol–water partition coefficient (Wildman–Crippen LogP) is 2.05. The maximum Gasteiger partial charge on any atom is 0.284 e. The minimum absolute atomic E-state index is 0.000923. The largest absolute Gasteiger partial charge is 0.344 e. The zero-order chi connectivity index (χ0) is 21.8. The highest BCUT2D eigenvalue weighted by Gasteiger charge is 2.25. The second kappa shape index (κ2) is 9.36. The van der Waals surface area contributed by atoms with Crippen LogP contribution in [0.5, 0.6) is 0 Å². The van der Waals surface area contributed by atoms with Crippen LogP contribution in [0.1, 0.15) is 16.7 Å². The molecule has 0 saturated carbocycles. The van der Waals surface area contributed by atoms with Crippen LogP contribution in [0.4, 0.5) is 5.13 Å². The van der Waals surface area contributed by atoms with Crippen LogP contribution in [0.3, 0.4) is 0 Å². The number of hydrogen-bond donors (Lipinski definition) is 1. The van der Waals surface area contributed by atoms with Crippen LogP contribution >= 0.6 is 11.3 Å². The van der Waals surface area contributed by atoms with E-state index in [-0.39, 0.29) is 24.9 Å². The zero-order valence-corrected chi connectivity index (χ0v) is 19.0. The Kier molecular flexibility index (Phi) is 6.84. The first-order valence-corrected chi connectivity index (χ1v) is 10.8. The summed E-state index contributed by atoms with van der Waals surface area (Å²) in [5.41, 5.74) is 4.32. The number of nitrogens with one attached hydrogen (secondary N) is 1. The molecule has 2 amide bonds. The minimum atomic E-state index is -0.0451. The van der Waals surface area contributed by atoms with Crippen molar-refractivity contribution < 1.29 is 14.5 Å². The summed E-state index contributed by atoms with van der Waals surface area (Å²) in [5, 5.41) is 0.694. The molecule has 1 atom stereocenters. The normalized spacial score (nSPS) is 12.0. The molecule has 1 unspecified atom stereocenters. The second-order valence-corrected chi connectivity index (χ2v) is 8.92. The van der Waals surface area contributed by atoms with Crippen LogP contribution in [-0.4, -0.2) is 55.9 Å². The summed E-state index contributed by atoms with van der Waals surface area (Å²) in [6.45, 7) is 5.08. The second-order valence-electron chi connectivity index (χ2n) is 7.91. The lowest BCUT2D eigenvalue weighted by atomic mass is 10.1. The first-order chi connectivity index (χ1) is 14.3. The lowest BCUT2D eigenvalue weighted by Gasteiger charge is -2.22. The fourth-order valence-electron chi connectivity index (χ4n) is 3.19. The molecule has 30 heavy (non-hydrogen) atoms. The van der Waals surface area contributed by atoms with Gasteiger partial charge in [-0.25, -0.2) is 4.98 Å².